The number of methoxy groups -OCH3 is 1. The second-order valence-electron chi connectivity index (χ2n) is 6.16. The summed E-state index contributed by atoms with van der Waals surface area (Å²) in [4.78, 5) is 23.9. The molecule has 0 unspecified atom stereocenters. The van der Waals surface area contributed by atoms with E-state index in [4.69, 9.17) is 13.9 Å². The van der Waals surface area contributed by atoms with Gasteiger partial charge >= 0.3 is 0 Å². The second-order valence-corrected chi connectivity index (χ2v) is 6.16. The van der Waals surface area contributed by atoms with Gasteiger partial charge in [-0.3, -0.25) is 9.59 Å². The zero-order chi connectivity index (χ0) is 20.5. The molecule has 0 aliphatic heterocycles. The maximum Gasteiger partial charge on any atom is 0.291 e. The molecule has 29 heavy (non-hydrogen) atoms. The minimum Gasteiger partial charge on any atom is -0.496 e. The van der Waals surface area contributed by atoms with Crippen LogP contribution < -0.4 is 20.1 Å². The van der Waals surface area contributed by atoms with Gasteiger partial charge in [0.05, 0.1) is 13.4 Å². The number of ether oxygens (including phenoxy) is 2. The van der Waals surface area contributed by atoms with E-state index in [9.17, 15) is 9.59 Å². The number of carbonyl (C=O) groups is 2. The summed E-state index contributed by atoms with van der Waals surface area (Å²) in [6.45, 7) is 0.393. The average molecular weight is 394 g/mol. The van der Waals surface area contributed by atoms with Gasteiger partial charge in [0.25, 0.3) is 11.8 Å². The Kier molecular flexibility index (Phi) is 6.89. The summed E-state index contributed by atoms with van der Waals surface area (Å²) in [5.41, 5.74) is 1.63. The Labute approximate surface area is 168 Å². The topological polar surface area (TPSA) is 89.8 Å². The minimum absolute atomic E-state index is 0.0932. The van der Waals surface area contributed by atoms with Crippen molar-refractivity contribution >= 4 is 17.5 Å². The Morgan fingerprint density at radius 1 is 1.00 bits per heavy atom. The van der Waals surface area contributed by atoms with Gasteiger partial charge in [-0.05, 0) is 54.4 Å². The summed E-state index contributed by atoms with van der Waals surface area (Å²) >= 11 is 0. The average Bonchev–Trinajstić information content (AvgIpc) is 3.29. The van der Waals surface area contributed by atoms with Crippen LogP contribution in [0.5, 0.6) is 11.5 Å². The quantitative estimate of drug-likeness (QED) is 0.581. The van der Waals surface area contributed by atoms with E-state index in [-0.39, 0.29) is 24.2 Å². The maximum atomic E-state index is 12.0. The van der Waals surface area contributed by atoms with E-state index >= 15 is 0 Å². The van der Waals surface area contributed by atoms with Gasteiger partial charge < -0.3 is 24.5 Å². The molecule has 0 aliphatic carbocycles. The first kappa shape index (κ1) is 20.0. The fraction of sp³-hybridized carbons (Fsp3) is 0.182. The lowest BCUT2D eigenvalue weighted by Gasteiger charge is -2.10. The number of benzene rings is 2. The first-order valence-corrected chi connectivity index (χ1v) is 9.12. The molecule has 3 rings (SSSR count). The third-order valence-electron chi connectivity index (χ3n) is 4.14. The van der Waals surface area contributed by atoms with Crippen LogP contribution in [-0.2, 0) is 11.2 Å². The summed E-state index contributed by atoms with van der Waals surface area (Å²) in [6.07, 6.45) is 2.10. The van der Waals surface area contributed by atoms with E-state index in [2.05, 4.69) is 10.6 Å². The molecular formula is C22H22N2O5. The van der Waals surface area contributed by atoms with Gasteiger partial charge in [0.1, 0.15) is 11.5 Å². The Balaban J connectivity index is 1.40. The molecule has 2 N–H and O–H groups in total. The zero-order valence-electron chi connectivity index (χ0n) is 16.0. The fourth-order valence-electron chi connectivity index (χ4n) is 2.68. The van der Waals surface area contributed by atoms with Crippen LogP contribution in [0, 0.1) is 0 Å². The molecule has 7 nitrogen and oxygen atoms in total. The highest BCUT2D eigenvalue weighted by atomic mass is 16.5. The summed E-state index contributed by atoms with van der Waals surface area (Å²) in [6, 6.07) is 17.7. The number of carbonyl (C=O) groups excluding carboxylic acids is 2. The molecule has 150 valence electrons. The van der Waals surface area contributed by atoms with Gasteiger partial charge in [-0.2, -0.15) is 0 Å². The van der Waals surface area contributed by atoms with E-state index in [0.29, 0.717) is 24.4 Å². The third kappa shape index (κ3) is 5.87. The van der Waals surface area contributed by atoms with Crippen LogP contribution in [0.1, 0.15) is 16.1 Å². The van der Waals surface area contributed by atoms with Crippen molar-refractivity contribution in [2.45, 2.75) is 6.42 Å². The number of hydrogen-bond acceptors (Lipinski definition) is 5. The lowest BCUT2D eigenvalue weighted by Crippen LogP contribution is -2.30. The standard InChI is InChI=1S/C22H22N2O5/c1-27-19-6-3-2-5-16(19)12-13-23-21(25)15-29-18-10-8-17(9-11-18)24-22(26)20-7-4-14-28-20/h2-11,14H,12-13,15H2,1H3,(H,23,25)(H,24,26). The van der Waals surface area contributed by atoms with Crippen molar-refractivity contribution in [3.63, 3.8) is 0 Å². The largest absolute Gasteiger partial charge is 0.496 e. The molecule has 0 radical (unpaired) electrons. The molecule has 0 atom stereocenters. The van der Waals surface area contributed by atoms with Crippen molar-refractivity contribution in [1.29, 1.82) is 0 Å². The number of hydrogen-bond donors (Lipinski definition) is 2. The van der Waals surface area contributed by atoms with E-state index < -0.39 is 0 Å². The van der Waals surface area contributed by atoms with Crippen molar-refractivity contribution < 1.29 is 23.5 Å². The van der Waals surface area contributed by atoms with Crippen molar-refractivity contribution in [3.05, 3.63) is 78.3 Å². The molecule has 2 amide bonds. The number of para-hydroxylation sites is 1. The summed E-state index contributed by atoms with van der Waals surface area (Å²) < 4.78 is 15.8. The van der Waals surface area contributed by atoms with E-state index in [1.165, 1.54) is 6.26 Å². The molecule has 7 heteroatoms. The molecule has 0 spiro atoms. The van der Waals surface area contributed by atoms with Crippen LogP contribution in [0.4, 0.5) is 5.69 Å². The van der Waals surface area contributed by atoms with Gasteiger partial charge in [0.2, 0.25) is 0 Å². The molecule has 0 saturated heterocycles. The molecule has 0 saturated carbocycles. The zero-order valence-corrected chi connectivity index (χ0v) is 16.0. The monoisotopic (exact) mass is 394 g/mol. The first-order chi connectivity index (χ1) is 14.2. The van der Waals surface area contributed by atoms with Crippen molar-refractivity contribution in [2.24, 2.45) is 0 Å². The van der Waals surface area contributed by atoms with Crippen LogP contribution in [0.2, 0.25) is 0 Å². The second kappa shape index (κ2) is 9.98. The summed E-state index contributed by atoms with van der Waals surface area (Å²) in [7, 11) is 1.62. The van der Waals surface area contributed by atoms with Crippen molar-refractivity contribution in [2.75, 3.05) is 25.6 Å². The van der Waals surface area contributed by atoms with Crippen LogP contribution >= 0.6 is 0 Å². The van der Waals surface area contributed by atoms with Gasteiger partial charge in [-0.25, -0.2) is 0 Å². The van der Waals surface area contributed by atoms with E-state index in [0.717, 1.165) is 11.3 Å². The van der Waals surface area contributed by atoms with Gasteiger partial charge in [-0.1, -0.05) is 18.2 Å². The van der Waals surface area contributed by atoms with Crippen molar-refractivity contribution in [3.8, 4) is 11.5 Å². The Hall–Kier alpha value is -3.74. The highest BCUT2D eigenvalue weighted by Crippen LogP contribution is 2.18. The minimum atomic E-state index is -0.335. The summed E-state index contributed by atoms with van der Waals surface area (Å²) in [5.74, 6) is 1.02. The first-order valence-electron chi connectivity index (χ1n) is 9.12. The number of furan rings is 1. The molecule has 0 bridgehead atoms. The highest BCUT2D eigenvalue weighted by molar-refractivity contribution is 6.02. The molecule has 1 aromatic heterocycles. The number of rotatable bonds is 9. The SMILES string of the molecule is COc1ccccc1CCNC(=O)COc1ccc(NC(=O)c2ccco2)cc1. The Morgan fingerprint density at radius 3 is 2.52 bits per heavy atom. The number of nitrogens with one attached hydrogen (secondary N) is 2. The lowest BCUT2D eigenvalue weighted by atomic mass is 10.1. The fourth-order valence-corrected chi connectivity index (χ4v) is 2.68. The molecular weight excluding hydrogens is 372 g/mol. The molecule has 2 aromatic carbocycles. The van der Waals surface area contributed by atoms with Crippen LogP contribution in [0.25, 0.3) is 0 Å². The van der Waals surface area contributed by atoms with E-state index in [1.807, 2.05) is 24.3 Å². The normalized spacial score (nSPS) is 10.2. The van der Waals surface area contributed by atoms with Crippen LogP contribution in [0.3, 0.4) is 0 Å². The van der Waals surface area contributed by atoms with Gasteiger partial charge in [-0.15, -0.1) is 0 Å². The predicted octanol–water partition coefficient (Wildman–Crippen LogP) is 3.28. The number of anilines is 1. The molecule has 0 aliphatic rings. The van der Waals surface area contributed by atoms with Gasteiger partial charge in [0.15, 0.2) is 12.4 Å². The van der Waals surface area contributed by atoms with E-state index in [1.54, 1.807) is 43.5 Å². The molecule has 0 fully saturated rings. The van der Waals surface area contributed by atoms with Crippen molar-refractivity contribution in [1.82, 2.24) is 5.32 Å². The predicted molar refractivity (Wildman–Crippen MR) is 108 cm³/mol. The van der Waals surface area contributed by atoms with Crippen LogP contribution in [-0.4, -0.2) is 32.1 Å². The highest BCUT2D eigenvalue weighted by Gasteiger charge is 2.09. The molecule has 1 heterocycles. The summed E-state index contributed by atoms with van der Waals surface area (Å²) in [5, 5.41) is 5.53. The lowest BCUT2D eigenvalue weighted by molar-refractivity contribution is -0.123. The van der Waals surface area contributed by atoms with Crippen LogP contribution in [0.15, 0.2) is 71.3 Å². The number of amides is 2. The molecule has 3 aromatic rings. The third-order valence-corrected chi connectivity index (χ3v) is 4.14. The Morgan fingerprint density at radius 2 is 1.79 bits per heavy atom. The smallest absolute Gasteiger partial charge is 0.291 e. The Bertz CT molecular complexity index is 936. The van der Waals surface area contributed by atoms with Gasteiger partial charge in [0, 0.05) is 12.2 Å². The maximum absolute atomic E-state index is 12.0.